The van der Waals surface area contributed by atoms with E-state index in [4.69, 9.17) is 0 Å². The van der Waals surface area contributed by atoms with Crippen LogP contribution in [0.5, 0.6) is 0 Å². The van der Waals surface area contributed by atoms with E-state index in [9.17, 15) is 0 Å². The maximum atomic E-state index is 2.39. The Balaban J connectivity index is 1.67. The van der Waals surface area contributed by atoms with Crippen LogP contribution in [0.15, 0.2) is 103 Å². The van der Waals surface area contributed by atoms with E-state index in [2.05, 4.69) is 119 Å². The molecule has 0 amide bonds. The molecule has 29 heavy (non-hydrogen) atoms. The minimum Gasteiger partial charge on any atom is -0.329 e. The van der Waals surface area contributed by atoms with E-state index in [1.54, 1.807) is 0 Å². The largest absolute Gasteiger partial charge is 0.329 e. The predicted molar refractivity (Wildman–Crippen MR) is 123 cm³/mol. The molecule has 0 aliphatic heterocycles. The molecule has 2 aromatic heterocycles. The minimum atomic E-state index is 1.18. The number of para-hydroxylation sites is 2. The lowest BCUT2D eigenvalue weighted by Gasteiger charge is -2.10. The Labute approximate surface area is 169 Å². The van der Waals surface area contributed by atoms with Crippen molar-refractivity contribution in [1.82, 2.24) is 9.13 Å². The van der Waals surface area contributed by atoms with E-state index in [0.717, 1.165) is 0 Å². The minimum absolute atomic E-state index is 1.18. The van der Waals surface area contributed by atoms with Gasteiger partial charge in [0.1, 0.15) is 5.65 Å². The van der Waals surface area contributed by atoms with Gasteiger partial charge in [0.2, 0.25) is 0 Å². The highest BCUT2D eigenvalue weighted by molar-refractivity contribution is 6.21. The Morgan fingerprint density at radius 3 is 1.79 bits per heavy atom. The second-order valence-electron chi connectivity index (χ2n) is 7.54. The number of hydrogen-bond donors (Lipinski definition) is 0. The zero-order chi connectivity index (χ0) is 19.4. The molecule has 2 heteroatoms. The molecule has 0 aliphatic rings. The first-order valence-corrected chi connectivity index (χ1v) is 9.95. The van der Waals surface area contributed by atoms with E-state index in [0.29, 0.717) is 0 Å². The summed E-state index contributed by atoms with van der Waals surface area (Å²) in [6.07, 6.45) is 0. The Bertz CT molecular complexity index is 1480. The van der Waals surface area contributed by atoms with Crippen LogP contribution in [-0.4, -0.2) is 9.13 Å². The number of nitrogens with zero attached hydrogens (tertiary/aromatic N) is 2. The highest BCUT2D eigenvalue weighted by Gasteiger charge is 2.18. The molecule has 0 aliphatic carbocycles. The fraction of sp³-hybridized carbons (Fsp3) is 0.0370. The van der Waals surface area contributed by atoms with Crippen molar-refractivity contribution in [2.75, 3.05) is 0 Å². The summed E-state index contributed by atoms with van der Waals surface area (Å²) in [7, 11) is 2.17. The molecule has 0 saturated carbocycles. The molecule has 2 nitrogen and oxygen atoms in total. The van der Waals surface area contributed by atoms with E-state index in [1.165, 1.54) is 49.7 Å². The summed E-state index contributed by atoms with van der Waals surface area (Å²) in [5.74, 6) is 0. The van der Waals surface area contributed by atoms with Crippen LogP contribution in [0.3, 0.4) is 0 Å². The van der Waals surface area contributed by atoms with Gasteiger partial charge in [-0.2, -0.15) is 0 Å². The Hall–Kier alpha value is -3.78. The predicted octanol–water partition coefficient (Wildman–Crippen LogP) is 6.94. The molecule has 0 radical (unpaired) electrons. The van der Waals surface area contributed by atoms with Crippen LogP contribution in [0.4, 0.5) is 0 Å². The van der Waals surface area contributed by atoms with E-state index < -0.39 is 0 Å². The standard InChI is InChI=1S/C27H20N2/c1-28-24-13-7-5-11-22(24)26-23-12-6-8-14-25(23)29(27(26)28)21-17-15-20(16-18-21)19-9-3-2-4-10-19/h2-18H,1H3. The van der Waals surface area contributed by atoms with Crippen LogP contribution >= 0.6 is 0 Å². The summed E-state index contributed by atoms with van der Waals surface area (Å²) in [4.78, 5) is 0. The fourth-order valence-corrected chi connectivity index (χ4v) is 4.60. The number of rotatable bonds is 2. The molecule has 138 valence electrons. The van der Waals surface area contributed by atoms with Crippen molar-refractivity contribution < 1.29 is 0 Å². The third-order valence-corrected chi connectivity index (χ3v) is 5.93. The summed E-state index contributed by atoms with van der Waals surface area (Å²) < 4.78 is 4.70. The van der Waals surface area contributed by atoms with Crippen LogP contribution in [0.25, 0.3) is 49.7 Å². The first-order valence-electron chi connectivity index (χ1n) is 9.95. The van der Waals surface area contributed by atoms with E-state index in [1.807, 2.05) is 0 Å². The molecule has 0 atom stereocenters. The van der Waals surface area contributed by atoms with Gasteiger partial charge in [0.05, 0.1) is 11.0 Å². The average Bonchev–Trinajstić information content (AvgIpc) is 3.28. The molecule has 0 bridgehead atoms. The van der Waals surface area contributed by atoms with Gasteiger partial charge in [0.15, 0.2) is 0 Å². The summed E-state index contributed by atoms with van der Waals surface area (Å²) in [5.41, 5.74) is 7.40. The maximum absolute atomic E-state index is 2.39. The second-order valence-corrected chi connectivity index (χ2v) is 7.54. The summed E-state index contributed by atoms with van der Waals surface area (Å²) in [6.45, 7) is 0. The number of aromatic nitrogens is 2. The van der Waals surface area contributed by atoms with Gasteiger partial charge >= 0.3 is 0 Å². The molecule has 4 aromatic carbocycles. The third kappa shape index (κ3) is 2.29. The van der Waals surface area contributed by atoms with Gasteiger partial charge in [-0.15, -0.1) is 0 Å². The normalized spacial score (nSPS) is 11.6. The molecule has 6 aromatic rings. The van der Waals surface area contributed by atoms with Crippen molar-refractivity contribution in [3.63, 3.8) is 0 Å². The highest BCUT2D eigenvalue weighted by Crippen LogP contribution is 2.38. The number of hydrogen-bond acceptors (Lipinski definition) is 0. The van der Waals surface area contributed by atoms with Crippen molar-refractivity contribution in [3.8, 4) is 16.8 Å². The van der Waals surface area contributed by atoms with Gasteiger partial charge in [-0.25, -0.2) is 0 Å². The maximum Gasteiger partial charge on any atom is 0.126 e. The van der Waals surface area contributed by atoms with Crippen LogP contribution in [-0.2, 0) is 7.05 Å². The zero-order valence-electron chi connectivity index (χ0n) is 16.2. The Morgan fingerprint density at radius 2 is 1.07 bits per heavy atom. The van der Waals surface area contributed by atoms with Crippen molar-refractivity contribution in [2.45, 2.75) is 0 Å². The molecule has 2 heterocycles. The zero-order valence-corrected chi connectivity index (χ0v) is 16.2. The lowest BCUT2D eigenvalue weighted by molar-refractivity contribution is 0.962. The van der Waals surface area contributed by atoms with Crippen molar-refractivity contribution in [1.29, 1.82) is 0 Å². The second kappa shape index (κ2) is 6.11. The topological polar surface area (TPSA) is 9.86 Å². The van der Waals surface area contributed by atoms with Gasteiger partial charge in [0.25, 0.3) is 0 Å². The first kappa shape index (κ1) is 16.2. The summed E-state index contributed by atoms with van der Waals surface area (Å²) >= 11 is 0. The van der Waals surface area contributed by atoms with Crippen LogP contribution in [0.1, 0.15) is 0 Å². The molecular weight excluding hydrogens is 352 g/mol. The van der Waals surface area contributed by atoms with Gasteiger partial charge in [-0.05, 0) is 35.4 Å². The number of aryl methyl sites for hydroxylation is 1. The quantitative estimate of drug-likeness (QED) is 0.311. The van der Waals surface area contributed by atoms with Crippen LogP contribution in [0, 0.1) is 0 Å². The van der Waals surface area contributed by atoms with Gasteiger partial charge in [-0.3, -0.25) is 4.57 Å². The van der Waals surface area contributed by atoms with Crippen LogP contribution < -0.4 is 0 Å². The van der Waals surface area contributed by atoms with Crippen LogP contribution in [0.2, 0.25) is 0 Å². The summed E-state index contributed by atoms with van der Waals surface area (Å²) in [6, 6.07) is 36.8. The lowest BCUT2D eigenvalue weighted by Crippen LogP contribution is -1.99. The molecule has 0 N–H and O–H groups in total. The number of fused-ring (bicyclic) bond motifs is 5. The van der Waals surface area contributed by atoms with Crippen molar-refractivity contribution >= 4 is 32.8 Å². The third-order valence-electron chi connectivity index (χ3n) is 5.93. The highest BCUT2D eigenvalue weighted by atomic mass is 15.1. The summed E-state index contributed by atoms with van der Waals surface area (Å²) in [5, 5.41) is 3.93. The molecule has 0 fully saturated rings. The monoisotopic (exact) mass is 372 g/mol. The molecular formula is C27H20N2. The molecule has 0 unspecified atom stereocenters. The van der Waals surface area contributed by atoms with Crippen molar-refractivity contribution in [3.05, 3.63) is 103 Å². The molecule has 6 rings (SSSR count). The molecule has 0 spiro atoms. The van der Waals surface area contributed by atoms with E-state index in [-0.39, 0.29) is 0 Å². The van der Waals surface area contributed by atoms with Gasteiger partial charge < -0.3 is 4.57 Å². The SMILES string of the molecule is Cn1c2ccccc2c2c3ccccc3n(-c3ccc(-c4ccccc4)cc3)c21. The number of benzene rings is 4. The fourth-order valence-electron chi connectivity index (χ4n) is 4.60. The van der Waals surface area contributed by atoms with Crippen molar-refractivity contribution in [2.24, 2.45) is 7.05 Å². The smallest absolute Gasteiger partial charge is 0.126 e. The van der Waals surface area contributed by atoms with Gasteiger partial charge in [-0.1, -0.05) is 78.9 Å². The Morgan fingerprint density at radius 1 is 0.517 bits per heavy atom. The Kier molecular flexibility index (Phi) is 3.41. The molecule has 0 saturated heterocycles. The average molecular weight is 372 g/mol. The lowest BCUT2D eigenvalue weighted by atomic mass is 10.1. The van der Waals surface area contributed by atoms with E-state index >= 15 is 0 Å². The van der Waals surface area contributed by atoms with Gasteiger partial charge in [0, 0.05) is 28.9 Å². The first-order chi connectivity index (χ1) is 14.3.